The van der Waals surface area contributed by atoms with Crippen LogP contribution in [0.1, 0.15) is 129 Å². The molecular formula is C43H64N2O3. The Bertz CT molecular complexity index is 1450. The monoisotopic (exact) mass is 656 g/mol. The van der Waals surface area contributed by atoms with Crippen LogP contribution in [-0.2, 0) is 4.74 Å². The summed E-state index contributed by atoms with van der Waals surface area (Å²) in [6, 6.07) is 8.35. The van der Waals surface area contributed by atoms with Crippen molar-refractivity contribution in [2.24, 2.45) is 57.2 Å². The van der Waals surface area contributed by atoms with Gasteiger partial charge in [0.2, 0.25) is 0 Å². The number of ether oxygens (including phenoxy) is 1. The number of nitrogens with zero attached hydrogens (tertiary/aromatic N) is 1. The average Bonchev–Trinajstić information content (AvgIpc) is 3.76. The number of hydrogen-bond acceptors (Lipinski definition) is 4. The first-order valence-electron chi connectivity index (χ1n) is 19.9. The quantitative estimate of drug-likeness (QED) is 0.307. The Morgan fingerprint density at radius 1 is 0.958 bits per heavy atom. The Morgan fingerprint density at radius 2 is 1.73 bits per heavy atom. The molecule has 5 nitrogen and oxygen atoms in total. The van der Waals surface area contributed by atoms with Crippen LogP contribution >= 0.6 is 0 Å². The molecule has 7 aliphatic rings. The summed E-state index contributed by atoms with van der Waals surface area (Å²) in [4.78, 5) is 14.3. The van der Waals surface area contributed by atoms with Crippen molar-refractivity contribution in [3.8, 4) is 0 Å². The van der Waals surface area contributed by atoms with Crippen LogP contribution in [0.4, 0.5) is 0 Å². The number of carboxylic acid groups (broad SMARTS) is 1. The molecule has 11 atom stereocenters. The molecule has 2 saturated heterocycles. The highest BCUT2D eigenvalue weighted by molar-refractivity contribution is 5.88. The van der Waals surface area contributed by atoms with Crippen LogP contribution in [-0.4, -0.2) is 59.9 Å². The maximum atomic E-state index is 11.6. The number of rotatable bonds is 7. The van der Waals surface area contributed by atoms with Crippen molar-refractivity contribution in [3.05, 3.63) is 41.5 Å². The van der Waals surface area contributed by atoms with Gasteiger partial charge in [0, 0.05) is 31.2 Å². The fourth-order valence-electron chi connectivity index (χ4n) is 14.8. The Kier molecular flexibility index (Phi) is 7.95. The van der Waals surface area contributed by atoms with E-state index in [0.717, 1.165) is 55.7 Å². The van der Waals surface area contributed by atoms with E-state index in [-0.39, 0.29) is 10.8 Å². The van der Waals surface area contributed by atoms with Crippen molar-refractivity contribution in [1.29, 1.82) is 0 Å². The van der Waals surface area contributed by atoms with E-state index in [1.807, 2.05) is 0 Å². The smallest absolute Gasteiger partial charge is 0.335 e. The molecule has 1 aromatic carbocycles. The molecule has 0 aromatic heterocycles. The summed E-state index contributed by atoms with van der Waals surface area (Å²) in [5.74, 6) is 3.70. The van der Waals surface area contributed by atoms with Crippen LogP contribution in [0, 0.1) is 57.2 Å². The van der Waals surface area contributed by atoms with Crippen molar-refractivity contribution in [2.75, 3.05) is 26.2 Å². The second-order valence-electron chi connectivity index (χ2n) is 19.5. The molecule has 264 valence electrons. The normalized spacial score (nSPS) is 46.1. The summed E-state index contributed by atoms with van der Waals surface area (Å²) in [6.07, 6.45) is 16.4. The van der Waals surface area contributed by atoms with Gasteiger partial charge in [-0.15, -0.1) is 0 Å². The molecule has 0 radical (unpaired) electrons. The lowest BCUT2D eigenvalue weighted by Gasteiger charge is -2.72. The predicted molar refractivity (Wildman–Crippen MR) is 194 cm³/mol. The first-order chi connectivity index (χ1) is 22.7. The number of carboxylic acids is 1. The van der Waals surface area contributed by atoms with Gasteiger partial charge in [0.25, 0.3) is 0 Å². The van der Waals surface area contributed by atoms with Crippen LogP contribution in [0.3, 0.4) is 0 Å². The van der Waals surface area contributed by atoms with Gasteiger partial charge in [-0.1, -0.05) is 66.7 Å². The van der Waals surface area contributed by atoms with Gasteiger partial charge in [-0.05, 0) is 145 Å². The third kappa shape index (κ3) is 4.68. The van der Waals surface area contributed by atoms with Crippen molar-refractivity contribution >= 4 is 11.5 Å². The molecule has 1 aromatic rings. The Labute approximate surface area is 291 Å². The fourth-order valence-corrected chi connectivity index (χ4v) is 14.8. The second kappa shape index (κ2) is 11.4. The van der Waals surface area contributed by atoms with E-state index in [0.29, 0.717) is 40.0 Å². The number of hydrogen-bond donors (Lipinski definition) is 2. The van der Waals surface area contributed by atoms with E-state index in [1.165, 1.54) is 75.5 Å². The molecule has 0 unspecified atom stereocenters. The van der Waals surface area contributed by atoms with E-state index < -0.39 is 5.97 Å². The van der Waals surface area contributed by atoms with Crippen molar-refractivity contribution in [2.45, 2.75) is 130 Å². The van der Waals surface area contributed by atoms with E-state index in [4.69, 9.17) is 4.74 Å². The first-order valence-corrected chi connectivity index (χ1v) is 19.9. The summed E-state index contributed by atoms with van der Waals surface area (Å²) in [7, 11) is 0. The van der Waals surface area contributed by atoms with Crippen LogP contribution in [0.2, 0.25) is 0 Å². The molecule has 48 heavy (non-hydrogen) atoms. The molecule has 5 heteroatoms. The van der Waals surface area contributed by atoms with Gasteiger partial charge in [0.1, 0.15) is 0 Å². The lowest BCUT2D eigenvalue weighted by Crippen LogP contribution is -2.68. The largest absolute Gasteiger partial charge is 0.478 e. The molecule has 5 aliphatic carbocycles. The maximum Gasteiger partial charge on any atom is 0.335 e. The zero-order chi connectivity index (χ0) is 33.9. The third-order valence-electron chi connectivity index (χ3n) is 17.3. The minimum Gasteiger partial charge on any atom is -0.478 e. The number of benzene rings is 1. The summed E-state index contributed by atoms with van der Waals surface area (Å²) in [5.41, 5.74) is 4.40. The van der Waals surface area contributed by atoms with E-state index in [1.54, 1.807) is 12.1 Å². The van der Waals surface area contributed by atoms with Gasteiger partial charge in [-0.2, -0.15) is 0 Å². The summed E-state index contributed by atoms with van der Waals surface area (Å²) in [6.45, 7) is 22.7. The van der Waals surface area contributed by atoms with E-state index in [2.05, 4.69) is 76.9 Å². The molecule has 2 bridgehead atoms. The first kappa shape index (κ1) is 33.5. The van der Waals surface area contributed by atoms with Gasteiger partial charge in [-0.25, -0.2) is 4.79 Å². The Morgan fingerprint density at radius 3 is 2.40 bits per heavy atom. The molecule has 4 saturated carbocycles. The van der Waals surface area contributed by atoms with Gasteiger partial charge in [-0.3, -0.25) is 4.90 Å². The van der Waals surface area contributed by atoms with Crippen LogP contribution < -0.4 is 5.32 Å². The highest BCUT2D eigenvalue weighted by Crippen LogP contribution is 2.76. The molecule has 2 heterocycles. The van der Waals surface area contributed by atoms with E-state index in [9.17, 15) is 9.90 Å². The minimum atomic E-state index is -0.848. The highest BCUT2D eigenvalue weighted by atomic mass is 16.5. The van der Waals surface area contributed by atoms with Crippen molar-refractivity contribution < 1.29 is 14.6 Å². The number of aromatic carboxylic acids is 1. The number of likely N-dealkylation sites (tertiary alicyclic amines) is 1. The molecule has 6 fully saturated rings. The average molecular weight is 657 g/mol. The number of carbonyl (C=O) groups is 1. The summed E-state index contributed by atoms with van der Waals surface area (Å²) < 4.78 is 5.91. The molecular weight excluding hydrogens is 592 g/mol. The molecule has 2 aliphatic heterocycles. The molecule has 0 spiro atoms. The second-order valence-corrected chi connectivity index (χ2v) is 19.5. The number of nitrogens with one attached hydrogen (secondary N) is 1. The van der Waals surface area contributed by atoms with E-state index >= 15 is 0 Å². The SMILES string of the molecule is CC(C)[C@@H]1CC[C@]2(NCCN3C[C@@H]4C[C@H]3CO4)CC[C@]3(C)[C@H](CC[C@@H]4[C@@]5(C)CC=C(c6ccc(C(=O)O)cc6)C(C)(C)[C@@H]5CC[C@]43C)[C@@H]12. The minimum absolute atomic E-state index is 0.0532. The van der Waals surface area contributed by atoms with Gasteiger partial charge in [0.05, 0.1) is 18.3 Å². The Balaban J connectivity index is 1.06. The van der Waals surface area contributed by atoms with Gasteiger partial charge < -0.3 is 15.2 Å². The molecule has 8 rings (SSSR count). The zero-order valence-corrected chi connectivity index (χ0v) is 31.1. The van der Waals surface area contributed by atoms with Crippen LogP contribution in [0.15, 0.2) is 30.3 Å². The summed E-state index contributed by atoms with van der Waals surface area (Å²) in [5, 5.41) is 13.9. The molecule has 2 N–H and O–H groups in total. The zero-order valence-electron chi connectivity index (χ0n) is 31.1. The van der Waals surface area contributed by atoms with Gasteiger partial charge >= 0.3 is 5.97 Å². The van der Waals surface area contributed by atoms with Gasteiger partial charge in [0.15, 0.2) is 0 Å². The number of fused-ring (bicyclic) bond motifs is 9. The maximum absolute atomic E-state index is 11.6. The molecule has 0 amide bonds. The van der Waals surface area contributed by atoms with Crippen molar-refractivity contribution in [1.82, 2.24) is 10.2 Å². The van der Waals surface area contributed by atoms with Crippen LogP contribution in [0.25, 0.3) is 5.57 Å². The lowest BCUT2D eigenvalue weighted by atomic mass is 9.33. The third-order valence-corrected chi connectivity index (χ3v) is 17.3. The highest BCUT2D eigenvalue weighted by Gasteiger charge is 2.70. The van der Waals surface area contributed by atoms with Crippen molar-refractivity contribution in [3.63, 3.8) is 0 Å². The summed E-state index contributed by atoms with van der Waals surface area (Å²) >= 11 is 0. The number of allylic oxidation sites excluding steroid dienone is 2. The fraction of sp³-hybridized carbons (Fsp3) is 0.791. The Hall–Kier alpha value is -1.69. The lowest BCUT2D eigenvalue weighted by molar-refractivity contribution is -0.221. The number of morpholine rings is 1. The topological polar surface area (TPSA) is 61.8 Å². The standard InChI is InChI=1S/C43H64N2O3/c1-27(2)32-14-19-43(44-22-23-45-25-31-24-30(45)26-48-31)21-20-41(6)34(37(32)43)12-13-36-40(5)17-15-33(28-8-10-29(11-9-28)38(46)47)39(3,4)35(40)16-18-42(36,41)7/h8-11,15,27,30-32,34-37,44H,12-14,16-26H2,1-7H3,(H,46,47)/t30-,31-,32-,34+,35-,36+,37+,40-,41+,42+,43-/m0/s1. The predicted octanol–water partition coefficient (Wildman–Crippen LogP) is 8.93. The van der Waals surface area contributed by atoms with Crippen LogP contribution in [0.5, 0.6) is 0 Å².